The third-order valence-corrected chi connectivity index (χ3v) is 4.19. The van der Waals surface area contributed by atoms with Crippen LogP contribution in [0.25, 0.3) is 0 Å². The number of hydrogen-bond acceptors (Lipinski definition) is 5. The van der Waals surface area contributed by atoms with Crippen LogP contribution in [0.15, 0.2) is 18.2 Å². The van der Waals surface area contributed by atoms with Crippen LogP contribution in [0.5, 0.6) is 0 Å². The first kappa shape index (κ1) is 22.4. The highest BCUT2D eigenvalue weighted by Gasteiger charge is 2.19. The lowest BCUT2D eigenvalue weighted by Gasteiger charge is -2.21. The summed E-state index contributed by atoms with van der Waals surface area (Å²) in [6, 6.07) is 4.63. The molecule has 8 heteroatoms. The van der Waals surface area contributed by atoms with Crippen LogP contribution in [-0.4, -0.2) is 33.0 Å². The molecule has 0 saturated carbocycles. The first-order chi connectivity index (χ1) is 11.9. The number of nitrogens with one attached hydrogen (secondary N) is 1. The molecule has 6 nitrogen and oxygen atoms in total. The van der Waals surface area contributed by atoms with Crippen molar-refractivity contribution in [3.63, 3.8) is 0 Å². The highest BCUT2D eigenvalue weighted by molar-refractivity contribution is 7.85. The molecule has 0 heterocycles. The Labute approximate surface area is 155 Å². The summed E-state index contributed by atoms with van der Waals surface area (Å²) in [7, 11) is -3.55. The Morgan fingerprint density at radius 1 is 1.31 bits per heavy atom. The highest BCUT2D eigenvalue weighted by atomic mass is 32.2. The molecule has 0 aliphatic heterocycles. The van der Waals surface area contributed by atoms with E-state index in [0.29, 0.717) is 24.0 Å². The smallest absolute Gasteiger partial charge is 0.407 e. The zero-order valence-electron chi connectivity index (χ0n) is 16.0. The van der Waals surface area contributed by atoms with Crippen molar-refractivity contribution in [2.45, 2.75) is 52.7 Å². The van der Waals surface area contributed by atoms with Gasteiger partial charge in [-0.1, -0.05) is 25.5 Å². The SMILES string of the molecule is CCC(COS(C)(=O)=O)Cc1c(F)cccc1CNC(=O)OC(C)(C)C. The van der Waals surface area contributed by atoms with Crippen LogP contribution >= 0.6 is 0 Å². The molecule has 148 valence electrons. The van der Waals surface area contributed by atoms with Crippen molar-refractivity contribution < 1.29 is 26.5 Å². The Morgan fingerprint density at radius 2 is 1.96 bits per heavy atom. The molecule has 1 rings (SSSR count). The summed E-state index contributed by atoms with van der Waals surface area (Å²) in [4.78, 5) is 11.8. The van der Waals surface area contributed by atoms with Crippen molar-refractivity contribution in [1.29, 1.82) is 0 Å². The number of benzene rings is 1. The topological polar surface area (TPSA) is 81.7 Å². The van der Waals surface area contributed by atoms with Crippen molar-refractivity contribution in [2.24, 2.45) is 5.92 Å². The second-order valence-electron chi connectivity index (χ2n) is 7.20. The van der Waals surface area contributed by atoms with Gasteiger partial charge in [-0.3, -0.25) is 4.18 Å². The van der Waals surface area contributed by atoms with Gasteiger partial charge in [0.2, 0.25) is 0 Å². The van der Waals surface area contributed by atoms with Gasteiger partial charge in [-0.05, 0) is 50.3 Å². The Kier molecular flexibility index (Phi) is 8.02. The molecule has 1 amide bonds. The largest absolute Gasteiger partial charge is 0.444 e. The van der Waals surface area contributed by atoms with Gasteiger partial charge >= 0.3 is 6.09 Å². The summed E-state index contributed by atoms with van der Waals surface area (Å²) in [5.41, 5.74) is 0.437. The average molecular weight is 389 g/mol. The minimum absolute atomic E-state index is 0.0113. The van der Waals surface area contributed by atoms with E-state index in [1.165, 1.54) is 6.07 Å². The Balaban J connectivity index is 2.83. The van der Waals surface area contributed by atoms with Crippen molar-refractivity contribution in [3.05, 3.63) is 35.1 Å². The lowest BCUT2D eigenvalue weighted by molar-refractivity contribution is 0.0523. The van der Waals surface area contributed by atoms with Gasteiger partial charge in [0.15, 0.2) is 0 Å². The fourth-order valence-electron chi connectivity index (χ4n) is 2.31. The minimum atomic E-state index is -3.55. The molecule has 26 heavy (non-hydrogen) atoms. The van der Waals surface area contributed by atoms with Crippen molar-refractivity contribution in [1.82, 2.24) is 5.32 Å². The summed E-state index contributed by atoms with van der Waals surface area (Å²) >= 11 is 0. The van der Waals surface area contributed by atoms with Gasteiger partial charge in [0.05, 0.1) is 12.9 Å². The number of amides is 1. The van der Waals surface area contributed by atoms with E-state index in [-0.39, 0.29) is 19.1 Å². The maximum atomic E-state index is 14.3. The van der Waals surface area contributed by atoms with E-state index in [0.717, 1.165) is 6.26 Å². The Bertz CT molecular complexity index is 713. The first-order valence-electron chi connectivity index (χ1n) is 8.48. The van der Waals surface area contributed by atoms with E-state index in [1.807, 2.05) is 6.92 Å². The van der Waals surface area contributed by atoms with E-state index in [2.05, 4.69) is 5.32 Å². The maximum absolute atomic E-state index is 14.3. The van der Waals surface area contributed by atoms with Crippen LogP contribution in [0.1, 0.15) is 45.2 Å². The Hall–Kier alpha value is -1.67. The number of ether oxygens (including phenoxy) is 1. The first-order valence-corrected chi connectivity index (χ1v) is 10.3. The lowest BCUT2D eigenvalue weighted by atomic mass is 9.94. The normalized spacial score (nSPS) is 13.3. The van der Waals surface area contributed by atoms with Gasteiger partial charge in [0, 0.05) is 6.54 Å². The molecule has 0 aliphatic carbocycles. The van der Waals surface area contributed by atoms with Gasteiger partial charge in [0.1, 0.15) is 11.4 Å². The molecule has 1 atom stereocenters. The van der Waals surface area contributed by atoms with Crippen LogP contribution < -0.4 is 5.32 Å². The summed E-state index contributed by atoms with van der Waals surface area (Å²) in [5.74, 6) is -0.562. The molecule has 0 bridgehead atoms. The molecule has 0 saturated heterocycles. The molecule has 1 aromatic carbocycles. The van der Waals surface area contributed by atoms with Crippen LogP contribution in [0, 0.1) is 11.7 Å². The second-order valence-corrected chi connectivity index (χ2v) is 8.84. The van der Waals surface area contributed by atoms with Crippen LogP contribution in [-0.2, 0) is 32.0 Å². The number of halogens is 1. The standard InChI is InChI=1S/C18H28FNO5S/c1-6-13(12-24-26(5,22)23)10-15-14(8-7-9-16(15)19)11-20-17(21)25-18(2,3)4/h7-9,13H,6,10-12H2,1-5H3,(H,20,21). The van der Waals surface area contributed by atoms with Crippen molar-refractivity contribution >= 4 is 16.2 Å². The molecule has 1 unspecified atom stereocenters. The van der Waals surface area contributed by atoms with Crippen molar-refractivity contribution in [2.75, 3.05) is 12.9 Å². The number of carbonyl (C=O) groups excluding carboxylic acids is 1. The van der Waals surface area contributed by atoms with E-state index < -0.39 is 27.6 Å². The highest BCUT2D eigenvalue weighted by Crippen LogP contribution is 2.21. The van der Waals surface area contributed by atoms with Gasteiger partial charge < -0.3 is 10.1 Å². The molecule has 0 aromatic heterocycles. The molecule has 0 fully saturated rings. The molecular weight excluding hydrogens is 361 g/mol. The Morgan fingerprint density at radius 3 is 2.50 bits per heavy atom. The molecule has 0 aliphatic rings. The second kappa shape index (κ2) is 9.32. The summed E-state index contributed by atoms with van der Waals surface area (Å²) < 4.78 is 46.7. The summed E-state index contributed by atoms with van der Waals surface area (Å²) in [6.07, 6.45) is 1.34. The third kappa shape index (κ3) is 8.62. The van der Waals surface area contributed by atoms with Gasteiger partial charge in [-0.15, -0.1) is 0 Å². The molecule has 0 radical (unpaired) electrons. The van der Waals surface area contributed by atoms with E-state index in [9.17, 15) is 17.6 Å². The predicted molar refractivity (Wildman–Crippen MR) is 97.8 cm³/mol. The van der Waals surface area contributed by atoms with E-state index in [1.54, 1.807) is 32.9 Å². The number of carbonyl (C=O) groups is 1. The minimum Gasteiger partial charge on any atom is -0.444 e. The maximum Gasteiger partial charge on any atom is 0.407 e. The fourth-order valence-corrected chi connectivity index (χ4v) is 2.75. The van der Waals surface area contributed by atoms with Crippen LogP contribution in [0.4, 0.5) is 9.18 Å². The molecule has 0 spiro atoms. The molecule has 1 N–H and O–H groups in total. The lowest BCUT2D eigenvalue weighted by Crippen LogP contribution is -2.32. The zero-order chi connectivity index (χ0) is 20.0. The van der Waals surface area contributed by atoms with Gasteiger partial charge in [-0.2, -0.15) is 8.42 Å². The molecule has 1 aromatic rings. The number of hydrogen-bond donors (Lipinski definition) is 1. The monoisotopic (exact) mass is 389 g/mol. The van der Waals surface area contributed by atoms with Gasteiger partial charge in [-0.25, -0.2) is 9.18 Å². The quantitative estimate of drug-likeness (QED) is 0.689. The fraction of sp³-hybridized carbons (Fsp3) is 0.611. The third-order valence-electron chi connectivity index (χ3n) is 3.63. The summed E-state index contributed by atoms with van der Waals surface area (Å²) in [5, 5.41) is 2.62. The van der Waals surface area contributed by atoms with Gasteiger partial charge in [0.25, 0.3) is 10.1 Å². The van der Waals surface area contributed by atoms with E-state index in [4.69, 9.17) is 8.92 Å². The predicted octanol–water partition coefficient (Wildman–Crippen LogP) is 3.40. The van der Waals surface area contributed by atoms with Crippen LogP contribution in [0.3, 0.4) is 0 Å². The zero-order valence-corrected chi connectivity index (χ0v) is 16.8. The van der Waals surface area contributed by atoms with E-state index >= 15 is 0 Å². The number of alkyl carbamates (subject to hydrolysis) is 1. The molecular formula is C18H28FNO5S. The van der Waals surface area contributed by atoms with Crippen LogP contribution in [0.2, 0.25) is 0 Å². The summed E-state index contributed by atoms with van der Waals surface area (Å²) in [6.45, 7) is 7.26. The van der Waals surface area contributed by atoms with Crippen molar-refractivity contribution in [3.8, 4) is 0 Å². The average Bonchev–Trinajstić information content (AvgIpc) is 2.48. The number of rotatable bonds is 8.